The largest absolute Gasteiger partial charge is 0.299 e. The van der Waals surface area contributed by atoms with E-state index in [4.69, 9.17) is 0 Å². The molecule has 0 spiro atoms. The van der Waals surface area contributed by atoms with Gasteiger partial charge in [-0.05, 0) is 17.7 Å². The number of piperidine rings is 1. The third-order valence-electron chi connectivity index (χ3n) is 5.21. The molecule has 0 radical (unpaired) electrons. The lowest BCUT2D eigenvalue weighted by Crippen LogP contribution is -2.49. The zero-order chi connectivity index (χ0) is 16.4. The number of carbonyl (C=O) groups is 1. The van der Waals surface area contributed by atoms with E-state index in [1.807, 2.05) is 12.1 Å². The highest BCUT2D eigenvalue weighted by atomic mass is 16.1. The molecule has 0 unspecified atom stereocenters. The summed E-state index contributed by atoms with van der Waals surface area (Å²) in [7, 11) is 0. The number of likely N-dealkylation sites (tertiary alicyclic amines) is 1. The smallest absolute Gasteiger partial charge is 0.142 e. The van der Waals surface area contributed by atoms with Crippen LogP contribution in [0.15, 0.2) is 60.7 Å². The molecule has 1 saturated heterocycles. The van der Waals surface area contributed by atoms with Crippen LogP contribution in [0.2, 0.25) is 0 Å². The summed E-state index contributed by atoms with van der Waals surface area (Å²) < 4.78 is 0. The number of hydrogen-bond acceptors (Lipinski definition) is 2. The van der Waals surface area contributed by atoms with Crippen molar-refractivity contribution in [2.24, 2.45) is 11.8 Å². The average molecular weight is 307 g/mol. The molecule has 0 amide bonds. The highest BCUT2D eigenvalue weighted by Crippen LogP contribution is 2.45. The van der Waals surface area contributed by atoms with Crippen molar-refractivity contribution in [2.45, 2.75) is 32.9 Å². The molecule has 0 saturated carbocycles. The predicted octanol–water partition coefficient (Wildman–Crippen LogP) is 4.65. The maximum Gasteiger partial charge on any atom is 0.142 e. The molecule has 1 fully saturated rings. The maximum absolute atomic E-state index is 12.9. The predicted molar refractivity (Wildman–Crippen MR) is 94.1 cm³/mol. The third kappa shape index (κ3) is 2.84. The summed E-state index contributed by atoms with van der Waals surface area (Å²) in [5.41, 5.74) is 2.48. The second-order valence-electron chi connectivity index (χ2n) is 6.52. The number of ketones is 1. The summed E-state index contributed by atoms with van der Waals surface area (Å²) in [4.78, 5) is 15.4. The van der Waals surface area contributed by atoms with Crippen molar-refractivity contribution in [3.8, 4) is 0 Å². The van der Waals surface area contributed by atoms with E-state index in [1.54, 1.807) is 0 Å². The number of Topliss-reactive ketones (excluding diaryl/α,β-unsaturated/α-hetero) is 1. The van der Waals surface area contributed by atoms with E-state index in [9.17, 15) is 4.79 Å². The van der Waals surface area contributed by atoms with Gasteiger partial charge in [0.05, 0.1) is 0 Å². The Balaban J connectivity index is 2.07. The van der Waals surface area contributed by atoms with Gasteiger partial charge >= 0.3 is 0 Å². The van der Waals surface area contributed by atoms with Crippen LogP contribution in [-0.4, -0.2) is 17.2 Å². The van der Waals surface area contributed by atoms with Gasteiger partial charge in [0.15, 0.2) is 0 Å². The molecule has 0 aromatic heterocycles. The molecule has 2 heteroatoms. The third-order valence-corrected chi connectivity index (χ3v) is 5.21. The Labute approximate surface area is 139 Å². The van der Waals surface area contributed by atoms with E-state index in [1.165, 1.54) is 11.1 Å². The van der Waals surface area contributed by atoms with Gasteiger partial charge in [-0.3, -0.25) is 9.69 Å². The summed E-state index contributed by atoms with van der Waals surface area (Å²) >= 11 is 0. The van der Waals surface area contributed by atoms with E-state index in [0.29, 0.717) is 5.78 Å². The molecule has 1 aliphatic heterocycles. The normalized spacial score (nSPS) is 28.7. The van der Waals surface area contributed by atoms with Crippen molar-refractivity contribution in [3.63, 3.8) is 0 Å². The van der Waals surface area contributed by atoms with Crippen LogP contribution >= 0.6 is 0 Å². The fourth-order valence-corrected chi connectivity index (χ4v) is 4.13. The van der Waals surface area contributed by atoms with Crippen molar-refractivity contribution < 1.29 is 4.79 Å². The Hall–Kier alpha value is -1.93. The van der Waals surface area contributed by atoms with Crippen molar-refractivity contribution in [1.82, 2.24) is 4.90 Å². The Morgan fingerprint density at radius 1 is 0.783 bits per heavy atom. The molecular weight excluding hydrogens is 282 g/mol. The van der Waals surface area contributed by atoms with Gasteiger partial charge in [-0.2, -0.15) is 0 Å². The molecule has 0 aliphatic carbocycles. The van der Waals surface area contributed by atoms with Crippen LogP contribution in [0.1, 0.15) is 44.0 Å². The van der Waals surface area contributed by atoms with Crippen LogP contribution in [0, 0.1) is 11.8 Å². The van der Waals surface area contributed by atoms with Crippen LogP contribution in [0.5, 0.6) is 0 Å². The first-order valence-corrected chi connectivity index (χ1v) is 8.54. The molecule has 0 bridgehead atoms. The highest BCUT2D eigenvalue weighted by molar-refractivity contribution is 5.85. The fourth-order valence-electron chi connectivity index (χ4n) is 4.13. The Morgan fingerprint density at radius 3 is 1.52 bits per heavy atom. The number of carbonyl (C=O) groups excluding carboxylic acids is 1. The van der Waals surface area contributed by atoms with Gasteiger partial charge in [0.2, 0.25) is 0 Å². The Morgan fingerprint density at radius 2 is 1.17 bits per heavy atom. The first kappa shape index (κ1) is 15.9. The minimum atomic E-state index is 0.0207. The minimum absolute atomic E-state index is 0.0207. The van der Waals surface area contributed by atoms with E-state index in [0.717, 1.165) is 6.54 Å². The first-order valence-electron chi connectivity index (χ1n) is 8.54. The SMILES string of the molecule is CCN1[C@H](c2ccccc2)[C@H](C)C(=O)[C@H](C)[C@@H]1c1ccccc1. The lowest BCUT2D eigenvalue weighted by molar-refractivity contribution is -0.137. The summed E-state index contributed by atoms with van der Waals surface area (Å²) in [5, 5.41) is 0. The summed E-state index contributed by atoms with van der Waals surface area (Å²) in [6, 6.07) is 21.2. The maximum atomic E-state index is 12.9. The second kappa shape index (κ2) is 6.67. The highest BCUT2D eigenvalue weighted by Gasteiger charge is 2.45. The monoisotopic (exact) mass is 307 g/mol. The van der Waals surface area contributed by atoms with E-state index >= 15 is 0 Å². The van der Waals surface area contributed by atoms with Crippen molar-refractivity contribution >= 4 is 5.78 Å². The van der Waals surface area contributed by atoms with Gasteiger partial charge in [0.25, 0.3) is 0 Å². The van der Waals surface area contributed by atoms with Crippen LogP contribution in [0.4, 0.5) is 0 Å². The summed E-state index contributed by atoms with van der Waals surface area (Å²) in [6.07, 6.45) is 0. The van der Waals surface area contributed by atoms with Gasteiger partial charge in [-0.25, -0.2) is 0 Å². The topological polar surface area (TPSA) is 20.3 Å². The summed E-state index contributed by atoms with van der Waals surface area (Å²) in [6.45, 7) is 7.29. The quantitative estimate of drug-likeness (QED) is 0.823. The molecule has 120 valence electrons. The second-order valence-corrected chi connectivity index (χ2v) is 6.52. The number of hydrogen-bond donors (Lipinski definition) is 0. The van der Waals surface area contributed by atoms with E-state index in [-0.39, 0.29) is 23.9 Å². The lowest BCUT2D eigenvalue weighted by atomic mass is 9.74. The number of rotatable bonds is 3. The van der Waals surface area contributed by atoms with Crippen molar-refractivity contribution in [1.29, 1.82) is 0 Å². The van der Waals surface area contributed by atoms with Crippen LogP contribution < -0.4 is 0 Å². The minimum Gasteiger partial charge on any atom is -0.299 e. The molecule has 2 nitrogen and oxygen atoms in total. The molecule has 0 N–H and O–H groups in total. The number of benzene rings is 2. The molecule has 4 atom stereocenters. The van der Waals surface area contributed by atoms with Crippen molar-refractivity contribution in [3.05, 3.63) is 71.8 Å². The van der Waals surface area contributed by atoms with Crippen LogP contribution in [0.25, 0.3) is 0 Å². The molecule has 1 aliphatic rings. The molecule has 1 heterocycles. The number of nitrogens with zero attached hydrogens (tertiary/aromatic N) is 1. The zero-order valence-corrected chi connectivity index (χ0v) is 14.1. The van der Waals surface area contributed by atoms with Gasteiger partial charge < -0.3 is 0 Å². The van der Waals surface area contributed by atoms with Crippen LogP contribution in [0.3, 0.4) is 0 Å². The molecular formula is C21H25NO. The van der Waals surface area contributed by atoms with Gasteiger partial charge in [0.1, 0.15) is 5.78 Å². The Bertz CT molecular complexity index is 597. The van der Waals surface area contributed by atoms with Crippen molar-refractivity contribution in [2.75, 3.05) is 6.54 Å². The van der Waals surface area contributed by atoms with E-state index < -0.39 is 0 Å². The molecule has 3 rings (SSSR count). The average Bonchev–Trinajstić information content (AvgIpc) is 2.61. The van der Waals surface area contributed by atoms with Gasteiger partial charge in [-0.1, -0.05) is 81.4 Å². The first-order chi connectivity index (χ1) is 11.1. The van der Waals surface area contributed by atoms with Gasteiger partial charge in [0, 0.05) is 23.9 Å². The Kier molecular flexibility index (Phi) is 4.63. The molecule has 23 heavy (non-hydrogen) atoms. The molecule has 2 aromatic carbocycles. The molecule has 2 aromatic rings. The van der Waals surface area contributed by atoms with Crippen LogP contribution in [-0.2, 0) is 4.79 Å². The fraction of sp³-hybridized carbons (Fsp3) is 0.381. The van der Waals surface area contributed by atoms with E-state index in [2.05, 4.69) is 74.2 Å². The summed E-state index contributed by atoms with van der Waals surface area (Å²) in [5.74, 6) is 0.414. The standard InChI is InChI=1S/C21H25NO/c1-4-22-19(17-11-7-5-8-12-17)15(2)21(23)16(3)20(22)18-13-9-6-10-14-18/h5-16,19-20H,4H2,1-3H3/t15-,16+,19-,20+. The zero-order valence-electron chi connectivity index (χ0n) is 14.1. The lowest BCUT2D eigenvalue weighted by Gasteiger charge is -2.48. The van der Waals surface area contributed by atoms with Gasteiger partial charge in [-0.15, -0.1) is 0 Å².